The maximum Gasteiger partial charge on any atom is 0.326 e. The van der Waals surface area contributed by atoms with E-state index in [2.05, 4.69) is 5.32 Å². The van der Waals surface area contributed by atoms with Gasteiger partial charge >= 0.3 is 12.0 Å². The van der Waals surface area contributed by atoms with Gasteiger partial charge in [-0.25, -0.2) is 9.59 Å². The van der Waals surface area contributed by atoms with Crippen molar-refractivity contribution in [1.29, 1.82) is 0 Å². The first-order valence-electron chi connectivity index (χ1n) is 7.00. The zero-order chi connectivity index (χ0) is 15.8. The van der Waals surface area contributed by atoms with Gasteiger partial charge in [-0.3, -0.25) is 4.79 Å². The van der Waals surface area contributed by atoms with E-state index in [0.29, 0.717) is 25.7 Å². The van der Waals surface area contributed by atoms with Crippen LogP contribution in [0.25, 0.3) is 0 Å². The van der Waals surface area contributed by atoms with Gasteiger partial charge in [0.25, 0.3) is 0 Å². The number of ether oxygens (including phenoxy) is 1. The van der Waals surface area contributed by atoms with Crippen LogP contribution in [0.15, 0.2) is 0 Å². The predicted octanol–water partition coefficient (Wildman–Crippen LogP) is -0.227. The van der Waals surface area contributed by atoms with Crippen LogP contribution in [0.4, 0.5) is 4.79 Å². The lowest BCUT2D eigenvalue weighted by molar-refractivity contribution is -0.139. The quantitative estimate of drug-likeness (QED) is 0.481. The summed E-state index contributed by atoms with van der Waals surface area (Å²) in [6.07, 6.45) is 2.29. The normalized spacial score (nSPS) is 15.3. The van der Waals surface area contributed by atoms with E-state index in [1.165, 1.54) is 17.7 Å². The van der Waals surface area contributed by atoms with Crippen molar-refractivity contribution >= 4 is 17.9 Å². The Balaban J connectivity index is 2.25. The van der Waals surface area contributed by atoms with E-state index in [0.717, 1.165) is 0 Å². The van der Waals surface area contributed by atoms with Crippen molar-refractivity contribution < 1.29 is 24.2 Å². The summed E-state index contributed by atoms with van der Waals surface area (Å²) < 4.78 is 5.41. The Morgan fingerprint density at radius 2 is 2.10 bits per heavy atom. The fourth-order valence-corrected chi connectivity index (χ4v) is 1.64. The molecule has 0 spiro atoms. The van der Waals surface area contributed by atoms with Gasteiger partial charge in [0.05, 0.1) is 6.61 Å². The number of nitrogens with zero attached hydrogens (tertiary/aromatic N) is 1. The Kier molecular flexibility index (Phi) is 6.93. The predicted molar refractivity (Wildman–Crippen MR) is 74.6 cm³/mol. The molecule has 1 unspecified atom stereocenters. The summed E-state index contributed by atoms with van der Waals surface area (Å²) in [7, 11) is 1.56. The Labute approximate surface area is 123 Å². The molecule has 8 nitrogen and oxygen atoms in total. The lowest BCUT2D eigenvalue weighted by atomic mass is 10.1. The highest BCUT2D eigenvalue weighted by Gasteiger charge is 2.23. The molecule has 4 N–H and O–H groups in total. The number of hydrogen-bond donors (Lipinski definition) is 3. The van der Waals surface area contributed by atoms with Crippen LogP contribution >= 0.6 is 0 Å². The average Bonchev–Trinajstić information content (AvgIpc) is 3.22. The van der Waals surface area contributed by atoms with E-state index >= 15 is 0 Å². The van der Waals surface area contributed by atoms with Crippen LogP contribution in [0.3, 0.4) is 0 Å². The minimum absolute atomic E-state index is 0.0254. The molecule has 3 amide bonds. The van der Waals surface area contributed by atoms with Crippen LogP contribution in [-0.2, 0) is 14.3 Å². The molecule has 8 heteroatoms. The first kappa shape index (κ1) is 17.2. The maximum atomic E-state index is 11.8. The number of carboxylic acids is 1. The molecule has 1 aliphatic carbocycles. The summed E-state index contributed by atoms with van der Waals surface area (Å²) in [5.74, 6) is -1.13. The Morgan fingerprint density at radius 3 is 2.62 bits per heavy atom. The number of carbonyl (C=O) groups excluding carboxylic acids is 2. The second-order valence-corrected chi connectivity index (χ2v) is 5.29. The third kappa shape index (κ3) is 7.50. The van der Waals surface area contributed by atoms with Gasteiger partial charge in [0.15, 0.2) is 0 Å². The monoisotopic (exact) mass is 301 g/mol. The van der Waals surface area contributed by atoms with Crippen LogP contribution in [0.1, 0.15) is 25.7 Å². The number of rotatable bonds is 10. The molecular weight excluding hydrogens is 278 g/mol. The number of hydrogen-bond acceptors (Lipinski definition) is 4. The Hall–Kier alpha value is -1.83. The Morgan fingerprint density at radius 1 is 1.43 bits per heavy atom. The summed E-state index contributed by atoms with van der Waals surface area (Å²) in [6, 6.07) is -1.64. The van der Waals surface area contributed by atoms with Gasteiger partial charge in [-0.2, -0.15) is 0 Å². The van der Waals surface area contributed by atoms with Gasteiger partial charge in [-0.05, 0) is 25.2 Å². The number of urea groups is 1. The van der Waals surface area contributed by atoms with Crippen molar-refractivity contribution in [2.75, 3.05) is 26.8 Å². The lowest BCUT2D eigenvalue weighted by Gasteiger charge is -2.21. The minimum atomic E-state index is -1.19. The molecule has 1 rings (SSSR count). The number of likely N-dealkylation sites (N-methyl/N-ethyl adjacent to an activating group) is 1. The summed E-state index contributed by atoms with van der Waals surface area (Å²) in [5, 5.41) is 11.3. The van der Waals surface area contributed by atoms with E-state index < -0.39 is 23.9 Å². The number of nitrogens with two attached hydrogens (primary N) is 1. The van der Waals surface area contributed by atoms with Crippen LogP contribution in [-0.4, -0.2) is 60.8 Å². The summed E-state index contributed by atoms with van der Waals surface area (Å²) in [6.45, 7) is 1.51. The van der Waals surface area contributed by atoms with Crippen molar-refractivity contribution in [1.82, 2.24) is 10.2 Å². The second-order valence-electron chi connectivity index (χ2n) is 5.29. The third-order valence-electron chi connectivity index (χ3n) is 3.24. The SMILES string of the molecule is CN(CCOCC1CC1)C(=O)NC(CCC(N)=O)C(=O)O. The fraction of sp³-hybridized carbons (Fsp3) is 0.769. The molecule has 0 heterocycles. The molecule has 21 heavy (non-hydrogen) atoms. The van der Waals surface area contributed by atoms with E-state index in [9.17, 15) is 14.4 Å². The van der Waals surface area contributed by atoms with Gasteiger partial charge in [0.2, 0.25) is 5.91 Å². The molecule has 0 saturated heterocycles. The summed E-state index contributed by atoms with van der Waals surface area (Å²) in [5.41, 5.74) is 4.97. The van der Waals surface area contributed by atoms with Gasteiger partial charge in [0.1, 0.15) is 6.04 Å². The number of primary amides is 1. The van der Waals surface area contributed by atoms with Gasteiger partial charge in [-0.15, -0.1) is 0 Å². The van der Waals surface area contributed by atoms with Gasteiger partial charge in [-0.1, -0.05) is 0 Å². The van der Waals surface area contributed by atoms with Crippen molar-refractivity contribution in [3.63, 3.8) is 0 Å². The van der Waals surface area contributed by atoms with Crippen molar-refractivity contribution in [3.8, 4) is 0 Å². The van der Waals surface area contributed by atoms with E-state index in [4.69, 9.17) is 15.6 Å². The largest absolute Gasteiger partial charge is 0.480 e. The van der Waals surface area contributed by atoms with Gasteiger partial charge in [0, 0.05) is 26.6 Å². The topological polar surface area (TPSA) is 122 Å². The van der Waals surface area contributed by atoms with Crippen LogP contribution < -0.4 is 11.1 Å². The highest BCUT2D eigenvalue weighted by atomic mass is 16.5. The maximum absolute atomic E-state index is 11.8. The van der Waals surface area contributed by atoms with Crippen LogP contribution in [0, 0.1) is 5.92 Å². The van der Waals surface area contributed by atoms with Crippen molar-refractivity contribution in [3.05, 3.63) is 0 Å². The summed E-state index contributed by atoms with van der Waals surface area (Å²) >= 11 is 0. The van der Waals surface area contributed by atoms with Crippen LogP contribution in [0.5, 0.6) is 0 Å². The molecule has 1 aliphatic rings. The first-order valence-corrected chi connectivity index (χ1v) is 7.00. The number of amides is 3. The Bertz CT molecular complexity index is 384. The number of carbonyl (C=O) groups is 3. The molecule has 0 aromatic heterocycles. The molecular formula is C13H23N3O5. The van der Waals surface area contributed by atoms with Crippen molar-refractivity contribution in [2.45, 2.75) is 31.7 Å². The van der Waals surface area contributed by atoms with E-state index in [1.54, 1.807) is 7.05 Å². The molecule has 1 saturated carbocycles. The highest BCUT2D eigenvalue weighted by Crippen LogP contribution is 2.28. The highest BCUT2D eigenvalue weighted by molar-refractivity contribution is 5.83. The molecule has 0 aromatic rings. The lowest BCUT2D eigenvalue weighted by Crippen LogP contribution is -2.47. The molecule has 1 fully saturated rings. The van der Waals surface area contributed by atoms with E-state index in [-0.39, 0.29) is 12.8 Å². The van der Waals surface area contributed by atoms with Gasteiger partial charge < -0.3 is 25.8 Å². The standard InChI is InChI=1S/C13H23N3O5/c1-16(6-7-21-8-9-2-3-9)13(20)15-10(12(18)19)4-5-11(14)17/h9-10H,2-8H2,1H3,(H2,14,17)(H,15,20)(H,18,19). The number of nitrogens with one attached hydrogen (secondary N) is 1. The molecule has 120 valence electrons. The fourth-order valence-electron chi connectivity index (χ4n) is 1.64. The summed E-state index contributed by atoms with van der Waals surface area (Å²) in [4.78, 5) is 34.8. The molecule has 0 aromatic carbocycles. The minimum Gasteiger partial charge on any atom is -0.480 e. The third-order valence-corrected chi connectivity index (χ3v) is 3.24. The zero-order valence-electron chi connectivity index (χ0n) is 12.2. The average molecular weight is 301 g/mol. The molecule has 1 atom stereocenters. The zero-order valence-corrected chi connectivity index (χ0v) is 12.2. The second kappa shape index (κ2) is 8.46. The smallest absolute Gasteiger partial charge is 0.326 e. The molecule has 0 aliphatic heterocycles. The van der Waals surface area contributed by atoms with E-state index in [1.807, 2.05) is 0 Å². The number of carboxylic acid groups (broad SMARTS) is 1. The molecule has 0 bridgehead atoms. The first-order chi connectivity index (χ1) is 9.90. The van der Waals surface area contributed by atoms with Crippen LogP contribution in [0.2, 0.25) is 0 Å². The van der Waals surface area contributed by atoms with Crippen molar-refractivity contribution in [2.24, 2.45) is 11.7 Å². The molecule has 0 radical (unpaired) electrons. The number of aliphatic carboxylic acids is 1.